The fourth-order valence-electron chi connectivity index (χ4n) is 3.26. The van der Waals surface area contributed by atoms with Crippen molar-refractivity contribution in [2.45, 2.75) is 25.8 Å². The maximum atomic E-state index is 12.2. The Bertz CT molecular complexity index is 779. The molecule has 9 heteroatoms. The molecule has 3 amide bonds. The van der Waals surface area contributed by atoms with Crippen LogP contribution in [0.15, 0.2) is 18.2 Å². The first-order valence-corrected chi connectivity index (χ1v) is 8.91. The second kappa shape index (κ2) is 8.07. The summed E-state index contributed by atoms with van der Waals surface area (Å²) in [4.78, 5) is 49.3. The highest BCUT2D eigenvalue weighted by Gasteiger charge is 2.36. The van der Waals surface area contributed by atoms with E-state index in [1.54, 1.807) is 25.1 Å². The largest absolute Gasteiger partial charge is 0.452 e. The van der Waals surface area contributed by atoms with Crippen LogP contribution in [-0.4, -0.2) is 56.0 Å². The number of nitrogens with zero attached hydrogens (tertiary/aromatic N) is 1. The maximum Gasteiger partial charge on any atom is 0.338 e. The van der Waals surface area contributed by atoms with E-state index in [1.807, 2.05) is 4.90 Å². The predicted molar refractivity (Wildman–Crippen MR) is 97.4 cm³/mol. The second-order valence-corrected chi connectivity index (χ2v) is 6.38. The molecular formula is C18H22N4O5. The van der Waals surface area contributed by atoms with Gasteiger partial charge >= 0.3 is 5.97 Å². The molecule has 2 aliphatic heterocycles. The number of hydrogen-bond donors (Lipinski definition) is 3. The number of benzene rings is 1. The molecule has 0 aromatic heterocycles. The Kier molecular flexibility index (Phi) is 5.58. The average molecular weight is 374 g/mol. The van der Waals surface area contributed by atoms with Crippen LogP contribution in [0, 0.1) is 0 Å². The normalized spacial score (nSPS) is 17.4. The first kappa shape index (κ1) is 18.7. The van der Waals surface area contributed by atoms with Crippen LogP contribution in [-0.2, 0) is 19.1 Å². The van der Waals surface area contributed by atoms with Gasteiger partial charge in [-0.25, -0.2) is 4.79 Å². The Balaban J connectivity index is 1.57. The highest BCUT2D eigenvalue weighted by atomic mass is 16.5. The summed E-state index contributed by atoms with van der Waals surface area (Å²) in [6.07, 6.45) is 1.77. The van der Waals surface area contributed by atoms with Gasteiger partial charge < -0.3 is 25.6 Å². The summed E-state index contributed by atoms with van der Waals surface area (Å²) in [6, 6.07) is 4.79. The van der Waals surface area contributed by atoms with Gasteiger partial charge in [-0.2, -0.15) is 0 Å². The van der Waals surface area contributed by atoms with E-state index in [4.69, 9.17) is 4.74 Å². The van der Waals surface area contributed by atoms with Gasteiger partial charge in [0.15, 0.2) is 6.61 Å². The number of likely N-dealkylation sites (N-methyl/N-ethyl adjacent to an activating group) is 1. The molecule has 0 spiro atoms. The van der Waals surface area contributed by atoms with Crippen LogP contribution in [0.2, 0.25) is 0 Å². The van der Waals surface area contributed by atoms with Gasteiger partial charge in [0.25, 0.3) is 5.91 Å². The third-order valence-corrected chi connectivity index (χ3v) is 4.51. The topological polar surface area (TPSA) is 117 Å². The van der Waals surface area contributed by atoms with Gasteiger partial charge in [0, 0.05) is 13.1 Å². The molecule has 27 heavy (non-hydrogen) atoms. The van der Waals surface area contributed by atoms with Crippen LogP contribution in [0.25, 0.3) is 0 Å². The fourth-order valence-corrected chi connectivity index (χ4v) is 3.26. The third kappa shape index (κ3) is 4.18. The summed E-state index contributed by atoms with van der Waals surface area (Å²) in [5, 5.41) is 7.73. The molecule has 3 N–H and O–H groups in total. The molecule has 2 aliphatic rings. The first-order chi connectivity index (χ1) is 13.0. The Hall–Kier alpha value is -3.10. The lowest BCUT2D eigenvalue weighted by atomic mass is 10.1. The lowest BCUT2D eigenvalue weighted by molar-refractivity contribution is -0.127. The Labute approximate surface area is 156 Å². The zero-order chi connectivity index (χ0) is 19.4. The van der Waals surface area contributed by atoms with Crippen molar-refractivity contribution in [3.63, 3.8) is 0 Å². The number of anilines is 2. The number of amides is 3. The van der Waals surface area contributed by atoms with Crippen molar-refractivity contribution in [2.24, 2.45) is 0 Å². The summed E-state index contributed by atoms with van der Waals surface area (Å²) >= 11 is 0. The Morgan fingerprint density at radius 1 is 1.26 bits per heavy atom. The number of ether oxygens (including phenoxy) is 1. The molecule has 0 aliphatic carbocycles. The smallest absolute Gasteiger partial charge is 0.338 e. The highest BCUT2D eigenvalue weighted by Crippen LogP contribution is 2.37. The van der Waals surface area contributed by atoms with Crippen molar-refractivity contribution >= 4 is 35.1 Å². The molecule has 3 rings (SSSR count). The van der Waals surface area contributed by atoms with Crippen LogP contribution in [0.4, 0.5) is 11.4 Å². The summed E-state index contributed by atoms with van der Waals surface area (Å²) in [5.74, 6) is -1.64. The van der Waals surface area contributed by atoms with Gasteiger partial charge in [-0.1, -0.05) is 0 Å². The zero-order valence-electron chi connectivity index (χ0n) is 15.0. The van der Waals surface area contributed by atoms with Gasteiger partial charge in [0.1, 0.15) is 6.04 Å². The molecule has 1 aromatic carbocycles. The molecule has 0 unspecified atom stereocenters. The number of rotatable bonds is 6. The fraction of sp³-hybridized carbons (Fsp3) is 0.444. The molecule has 0 saturated carbocycles. The zero-order valence-corrected chi connectivity index (χ0v) is 15.0. The highest BCUT2D eigenvalue weighted by molar-refractivity contribution is 6.05. The lowest BCUT2D eigenvalue weighted by Gasteiger charge is -2.33. The number of carbonyl (C=O) groups is 4. The SMILES string of the molecule is CCNC(=O)CNC(=O)COC(=O)c1ccc2c(c1)NC(=O)[C@@H]1CCCN21. The van der Waals surface area contributed by atoms with Gasteiger partial charge in [-0.15, -0.1) is 0 Å². The van der Waals surface area contributed by atoms with E-state index in [2.05, 4.69) is 16.0 Å². The molecule has 1 fully saturated rings. The molecule has 0 bridgehead atoms. The van der Waals surface area contributed by atoms with Crippen LogP contribution in [0.1, 0.15) is 30.1 Å². The van der Waals surface area contributed by atoms with Crippen molar-refractivity contribution in [3.05, 3.63) is 23.8 Å². The van der Waals surface area contributed by atoms with E-state index < -0.39 is 18.5 Å². The summed E-state index contributed by atoms with van der Waals surface area (Å²) < 4.78 is 4.98. The minimum atomic E-state index is -0.677. The number of hydrogen-bond acceptors (Lipinski definition) is 6. The summed E-state index contributed by atoms with van der Waals surface area (Å²) in [6.45, 7) is 2.38. The van der Waals surface area contributed by atoms with Crippen molar-refractivity contribution in [3.8, 4) is 0 Å². The molecular weight excluding hydrogens is 352 g/mol. The maximum absolute atomic E-state index is 12.2. The lowest BCUT2D eigenvalue weighted by Crippen LogP contribution is -2.43. The standard InChI is InChI=1S/C18H22N4O5/c1-2-19-15(23)9-20-16(24)10-27-18(26)11-5-6-13-12(8-11)21-17(25)14-4-3-7-22(13)14/h5-6,8,14H,2-4,7,9-10H2,1H3,(H,19,23)(H,20,24)(H,21,25)/t14-/m0/s1. The van der Waals surface area contributed by atoms with Crippen molar-refractivity contribution in [2.75, 3.05) is 36.5 Å². The van der Waals surface area contributed by atoms with Gasteiger partial charge in [-0.3, -0.25) is 14.4 Å². The molecule has 9 nitrogen and oxygen atoms in total. The number of carbonyl (C=O) groups excluding carboxylic acids is 4. The average Bonchev–Trinajstić information content (AvgIpc) is 3.15. The van der Waals surface area contributed by atoms with Gasteiger partial charge in [-0.05, 0) is 38.0 Å². The Morgan fingerprint density at radius 2 is 2.07 bits per heavy atom. The summed E-state index contributed by atoms with van der Waals surface area (Å²) in [5.41, 5.74) is 1.69. The minimum Gasteiger partial charge on any atom is -0.452 e. The van der Waals surface area contributed by atoms with E-state index in [0.717, 1.165) is 25.1 Å². The van der Waals surface area contributed by atoms with Crippen LogP contribution in [0.5, 0.6) is 0 Å². The predicted octanol–water partition coefficient (Wildman–Crippen LogP) is 0.0166. The molecule has 1 atom stereocenters. The van der Waals surface area contributed by atoms with E-state index in [1.165, 1.54) is 0 Å². The molecule has 0 radical (unpaired) electrons. The van der Waals surface area contributed by atoms with E-state index in [0.29, 0.717) is 12.2 Å². The molecule has 1 aromatic rings. The Morgan fingerprint density at radius 3 is 2.85 bits per heavy atom. The number of fused-ring (bicyclic) bond motifs is 3. The second-order valence-electron chi connectivity index (χ2n) is 6.38. The number of esters is 1. The van der Waals surface area contributed by atoms with E-state index >= 15 is 0 Å². The molecule has 144 valence electrons. The van der Waals surface area contributed by atoms with Gasteiger partial charge in [0.05, 0.1) is 23.5 Å². The van der Waals surface area contributed by atoms with Crippen molar-refractivity contribution < 1.29 is 23.9 Å². The monoisotopic (exact) mass is 374 g/mol. The van der Waals surface area contributed by atoms with Crippen molar-refractivity contribution in [1.82, 2.24) is 10.6 Å². The van der Waals surface area contributed by atoms with E-state index in [9.17, 15) is 19.2 Å². The van der Waals surface area contributed by atoms with Crippen LogP contribution < -0.4 is 20.9 Å². The number of nitrogens with one attached hydrogen (secondary N) is 3. The van der Waals surface area contributed by atoms with Gasteiger partial charge in [0.2, 0.25) is 11.8 Å². The quantitative estimate of drug-likeness (QED) is 0.604. The third-order valence-electron chi connectivity index (χ3n) is 4.51. The van der Waals surface area contributed by atoms with Crippen LogP contribution >= 0.6 is 0 Å². The first-order valence-electron chi connectivity index (χ1n) is 8.91. The van der Waals surface area contributed by atoms with Crippen LogP contribution in [0.3, 0.4) is 0 Å². The van der Waals surface area contributed by atoms with E-state index in [-0.39, 0.29) is 30.0 Å². The summed E-state index contributed by atoms with van der Waals surface area (Å²) in [7, 11) is 0. The van der Waals surface area contributed by atoms with Crippen molar-refractivity contribution in [1.29, 1.82) is 0 Å². The molecule has 2 heterocycles. The minimum absolute atomic E-state index is 0.0738. The molecule has 1 saturated heterocycles.